The van der Waals surface area contributed by atoms with Crippen LogP contribution < -0.4 is 0 Å². The van der Waals surface area contributed by atoms with E-state index in [1.807, 2.05) is 31.6 Å². The smallest absolute Gasteiger partial charge is 0.103 e. The molecule has 1 aromatic heterocycles. The van der Waals surface area contributed by atoms with Gasteiger partial charge in [-0.05, 0) is 42.6 Å². The monoisotopic (exact) mass is 265 g/mol. The predicted octanol–water partition coefficient (Wildman–Crippen LogP) is 2.51. The molecule has 0 fully saturated rings. The molecule has 1 N–H and O–H groups in total. The van der Waals surface area contributed by atoms with E-state index in [9.17, 15) is 5.11 Å². The fraction of sp³-hybridized carbons (Fsp3) is 0.429. The number of aliphatic hydroxyl groups is 1. The molecule has 1 atom stereocenters. The summed E-state index contributed by atoms with van der Waals surface area (Å²) in [6.45, 7) is 1.86. The van der Waals surface area contributed by atoms with Crippen molar-refractivity contribution in [3.63, 3.8) is 0 Å². The van der Waals surface area contributed by atoms with E-state index in [1.165, 1.54) is 4.70 Å². The number of rotatable bonds is 6. The molecule has 1 aromatic carbocycles. The van der Waals surface area contributed by atoms with Crippen LogP contribution in [0.2, 0.25) is 0 Å². The maximum Gasteiger partial charge on any atom is 0.103 e. The molecule has 98 valence electrons. The molecule has 0 aliphatic heterocycles. The zero-order valence-electron chi connectivity index (χ0n) is 10.8. The number of fused-ring (bicyclic) bond motifs is 1. The molecule has 0 saturated carbocycles. The quantitative estimate of drug-likeness (QED) is 0.815. The topological polar surface area (TPSA) is 32.7 Å². The van der Waals surface area contributed by atoms with Crippen LogP contribution in [0.3, 0.4) is 0 Å². The molecule has 0 radical (unpaired) electrons. The summed E-state index contributed by atoms with van der Waals surface area (Å²) in [4.78, 5) is 2.06. The van der Waals surface area contributed by atoms with Crippen molar-refractivity contribution in [3.05, 3.63) is 35.2 Å². The molecule has 0 saturated heterocycles. The number of likely N-dealkylation sites (N-methyl/N-ethyl adjacent to an activating group) is 1. The molecule has 0 spiro atoms. The van der Waals surface area contributed by atoms with E-state index in [4.69, 9.17) is 4.74 Å². The number of nitrogens with zero attached hydrogens (tertiary/aromatic N) is 1. The molecule has 1 heterocycles. The molecule has 2 rings (SSSR count). The first-order valence-corrected chi connectivity index (χ1v) is 6.93. The van der Waals surface area contributed by atoms with Gasteiger partial charge in [0.25, 0.3) is 0 Å². The Balaban J connectivity index is 1.96. The van der Waals surface area contributed by atoms with E-state index in [2.05, 4.69) is 17.0 Å². The van der Waals surface area contributed by atoms with Crippen molar-refractivity contribution in [2.75, 3.05) is 33.9 Å². The van der Waals surface area contributed by atoms with Crippen LogP contribution in [0.15, 0.2) is 29.6 Å². The summed E-state index contributed by atoms with van der Waals surface area (Å²) in [6.07, 6.45) is -0.550. The largest absolute Gasteiger partial charge is 0.386 e. The van der Waals surface area contributed by atoms with Gasteiger partial charge in [-0.2, -0.15) is 0 Å². The first kappa shape index (κ1) is 13.5. The lowest BCUT2D eigenvalue weighted by Crippen LogP contribution is -2.19. The van der Waals surface area contributed by atoms with Crippen molar-refractivity contribution < 1.29 is 9.84 Å². The Hall–Kier alpha value is -0.940. The summed E-state index contributed by atoms with van der Waals surface area (Å²) in [5.41, 5.74) is 0.957. The van der Waals surface area contributed by atoms with Crippen molar-refractivity contribution in [3.8, 4) is 0 Å². The normalized spacial score (nSPS) is 13.3. The fourth-order valence-electron chi connectivity index (χ4n) is 1.84. The highest BCUT2D eigenvalue weighted by Crippen LogP contribution is 2.28. The lowest BCUT2D eigenvalue weighted by molar-refractivity contribution is 0.0313. The molecule has 3 nitrogen and oxygen atoms in total. The van der Waals surface area contributed by atoms with Crippen LogP contribution in [0, 0.1) is 0 Å². The predicted molar refractivity (Wildman–Crippen MR) is 76.2 cm³/mol. The van der Waals surface area contributed by atoms with E-state index < -0.39 is 6.10 Å². The van der Waals surface area contributed by atoms with Crippen molar-refractivity contribution >= 4 is 21.4 Å². The van der Waals surface area contributed by atoms with Crippen molar-refractivity contribution in [2.45, 2.75) is 6.10 Å². The summed E-state index contributed by atoms with van der Waals surface area (Å²) >= 11 is 1.69. The number of benzene rings is 1. The van der Waals surface area contributed by atoms with Crippen LogP contribution >= 0.6 is 11.3 Å². The molecular formula is C14H19NO2S. The third-order valence-electron chi connectivity index (χ3n) is 2.85. The maximum atomic E-state index is 10.2. The second-order valence-electron chi connectivity index (χ2n) is 4.57. The zero-order chi connectivity index (χ0) is 13.0. The van der Waals surface area contributed by atoms with Gasteiger partial charge in [0, 0.05) is 11.2 Å². The summed E-state index contributed by atoms with van der Waals surface area (Å²) in [6, 6.07) is 8.08. The Labute approximate surface area is 112 Å². The van der Waals surface area contributed by atoms with Crippen LogP contribution in [-0.2, 0) is 4.74 Å². The third kappa shape index (κ3) is 3.29. The molecule has 0 aliphatic carbocycles. The van der Waals surface area contributed by atoms with Crippen LogP contribution in [0.25, 0.3) is 10.1 Å². The van der Waals surface area contributed by atoms with Gasteiger partial charge in [0.2, 0.25) is 0 Å². The molecule has 18 heavy (non-hydrogen) atoms. The minimum absolute atomic E-state index is 0.350. The number of hydrogen-bond donors (Lipinski definition) is 1. The number of aliphatic hydroxyl groups excluding tert-OH is 1. The maximum absolute atomic E-state index is 10.2. The van der Waals surface area contributed by atoms with Gasteiger partial charge in [0.1, 0.15) is 6.10 Å². The van der Waals surface area contributed by atoms with Gasteiger partial charge in [-0.3, -0.25) is 0 Å². The third-order valence-corrected chi connectivity index (χ3v) is 3.73. The van der Waals surface area contributed by atoms with E-state index in [-0.39, 0.29) is 0 Å². The fourth-order valence-corrected chi connectivity index (χ4v) is 2.66. The summed E-state index contributed by atoms with van der Waals surface area (Å²) in [5.74, 6) is 0. The van der Waals surface area contributed by atoms with Gasteiger partial charge in [-0.1, -0.05) is 12.1 Å². The molecule has 1 unspecified atom stereocenters. The summed E-state index contributed by atoms with van der Waals surface area (Å²) < 4.78 is 6.71. The SMILES string of the molecule is CN(C)CCOCC(O)c1cccc2sccc12. The van der Waals surface area contributed by atoms with Gasteiger partial charge in [-0.25, -0.2) is 0 Å². The average molecular weight is 265 g/mol. The Bertz CT molecular complexity index is 495. The second kappa shape index (κ2) is 6.29. The Morgan fingerprint density at radius 2 is 2.17 bits per heavy atom. The number of hydrogen-bond acceptors (Lipinski definition) is 4. The lowest BCUT2D eigenvalue weighted by Gasteiger charge is -2.14. The molecule has 0 bridgehead atoms. The molecule has 4 heteroatoms. The van der Waals surface area contributed by atoms with E-state index in [0.717, 1.165) is 17.5 Å². The van der Waals surface area contributed by atoms with E-state index in [0.29, 0.717) is 13.2 Å². The van der Waals surface area contributed by atoms with Crippen LogP contribution in [0.4, 0.5) is 0 Å². The Morgan fingerprint density at radius 3 is 2.94 bits per heavy atom. The van der Waals surface area contributed by atoms with Crippen LogP contribution in [0.5, 0.6) is 0 Å². The lowest BCUT2D eigenvalue weighted by atomic mass is 10.1. The summed E-state index contributed by atoms with van der Waals surface area (Å²) in [7, 11) is 4.01. The number of ether oxygens (including phenoxy) is 1. The molecular weight excluding hydrogens is 246 g/mol. The first-order chi connectivity index (χ1) is 8.68. The van der Waals surface area contributed by atoms with Gasteiger partial charge in [0.05, 0.1) is 13.2 Å². The van der Waals surface area contributed by atoms with Gasteiger partial charge < -0.3 is 14.7 Å². The standard InChI is InChI=1S/C14H19NO2S/c1-15(2)7-8-17-10-13(16)11-4-3-5-14-12(11)6-9-18-14/h3-6,9,13,16H,7-8,10H2,1-2H3. The highest BCUT2D eigenvalue weighted by molar-refractivity contribution is 7.17. The summed E-state index contributed by atoms with van der Waals surface area (Å²) in [5, 5.41) is 13.3. The van der Waals surface area contributed by atoms with E-state index in [1.54, 1.807) is 11.3 Å². The highest BCUT2D eigenvalue weighted by Gasteiger charge is 2.11. The zero-order valence-corrected chi connectivity index (χ0v) is 11.6. The first-order valence-electron chi connectivity index (χ1n) is 6.05. The molecule has 0 aliphatic rings. The minimum Gasteiger partial charge on any atom is -0.386 e. The van der Waals surface area contributed by atoms with Crippen LogP contribution in [0.1, 0.15) is 11.7 Å². The number of thiophene rings is 1. The molecule has 2 aromatic rings. The van der Waals surface area contributed by atoms with Gasteiger partial charge in [-0.15, -0.1) is 11.3 Å². The average Bonchev–Trinajstić information content (AvgIpc) is 2.82. The van der Waals surface area contributed by atoms with Crippen LogP contribution in [-0.4, -0.2) is 43.9 Å². The Kier molecular flexibility index (Phi) is 4.72. The van der Waals surface area contributed by atoms with Crippen molar-refractivity contribution in [1.82, 2.24) is 4.90 Å². The van der Waals surface area contributed by atoms with Gasteiger partial charge >= 0.3 is 0 Å². The Morgan fingerprint density at radius 1 is 1.33 bits per heavy atom. The van der Waals surface area contributed by atoms with Crippen molar-refractivity contribution in [2.24, 2.45) is 0 Å². The van der Waals surface area contributed by atoms with Gasteiger partial charge in [0.15, 0.2) is 0 Å². The van der Waals surface area contributed by atoms with Crippen molar-refractivity contribution in [1.29, 1.82) is 0 Å². The highest BCUT2D eigenvalue weighted by atomic mass is 32.1. The molecule has 0 amide bonds. The minimum atomic E-state index is -0.550. The second-order valence-corrected chi connectivity index (χ2v) is 5.52. The van der Waals surface area contributed by atoms with E-state index >= 15 is 0 Å².